The fraction of sp³-hybridized carbons (Fsp3) is 0. The highest BCUT2D eigenvalue weighted by Gasteiger charge is 2.16. The van der Waals surface area contributed by atoms with Crippen LogP contribution in [-0.4, -0.2) is 13.4 Å². The number of nitrogens with two attached hydrogens (primary N) is 1. The maximum absolute atomic E-state index is 13.5. The third-order valence-corrected chi connectivity index (χ3v) is 4.09. The van der Waals surface area contributed by atoms with Gasteiger partial charge in [-0.05, 0) is 30.3 Å². The van der Waals surface area contributed by atoms with Crippen molar-refractivity contribution in [2.45, 2.75) is 4.90 Å². The summed E-state index contributed by atoms with van der Waals surface area (Å²) in [4.78, 5) is 3.59. The van der Waals surface area contributed by atoms with Gasteiger partial charge < -0.3 is 5.73 Å². The van der Waals surface area contributed by atoms with E-state index in [4.69, 9.17) is 5.73 Å². The molecule has 5 nitrogen and oxygen atoms in total. The lowest BCUT2D eigenvalue weighted by atomic mass is 10.3. The van der Waals surface area contributed by atoms with Gasteiger partial charge in [0.25, 0.3) is 10.0 Å². The second-order valence-electron chi connectivity index (χ2n) is 3.65. The van der Waals surface area contributed by atoms with Gasteiger partial charge in [0.2, 0.25) is 0 Å². The van der Waals surface area contributed by atoms with Crippen molar-refractivity contribution in [3.63, 3.8) is 0 Å². The van der Waals surface area contributed by atoms with Crippen LogP contribution in [0.4, 0.5) is 15.9 Å². The Balaban J connectivity index is 2.36. The first-order valence-corrected chi connectivity index (χ1v) is 7.35. The first kappa shape index (κ1) is 13.8. The molecule has 0 atom stereocenters. The molecule has 100 valence electrons. The normalized spacial score (nSPS) is 11.3. The van der Waals surface area contributed by atoms with Crippen molar-refractivity contribution in [1.82, 2.24) is 4.98 Å². The van der Waals surface area contributed by atoms with Crippen LogP contribution in [0, 0.1) is 5.82 Å². The Bertz CT molecular complexity index is 704. The quantitative estimate of drug-likeness (QED) is 0.894. The Morgan fingerprint density at radius 3 is 2.63 bits per heavy atom. The Labute approximate surface area is 117 Å². The molecule has 19 heavy (non-hydrogen) atoms. The zero-order valence-corrected chi connectivity index (χ0v) is 11.9. The van der Waals surface area contributed by atoms with E-state index in [9.17, 15) is 12.8 Å². The Kier molecular flexibility index (Phi) is 3.72. The average molecular weight is 346 g/mol. The first-order valence-electron chi connectivity index (χ1n) is 5.08. The molecule has 0 aliphatic carbocycles. The standard InChI is InChI=1S/C11H9BrFN3O2S/c12-7-1-3-9(13)10(5-7)16-19(17,18)8-2-4-11(14)15-6-8/h1-6,16H,(H2,14,15). The lowest BCUT2D eigenvalue weighted by Gasteiger charge is -2.09. The Morgan fingerprint density at radius 2 is 2.00 bits per heavy atom. The number of halogens is 2. The molecule has 0 fully saturated rings. The minimum absolute atomic E-state index is 0.0962. The number of sulfonamides is 1. The first-order chi connectivity index (χ1) is 8.88. The van der Waals surface area contributed by atoms with E-state index in [2.05, 4.69) is 25.6 Å². The number of nitrogens with zero attached hydrogens (tertiary/aromatic N) is 1. The van der Waals surface area contributed by atoms with E-state index in [1.807, 2.05) is 0 Å². The number of aromatic nitrogens is 1. The third kappa shape index (κ3) is 3.21. The summed E-state index contributed by atoms with van der Waals surface area (Å²) in [6.07, 6.45) is 1.10. The van der Waals surface area contributed by atoms with Crippen LogP contribution in [0.2, 0.25) is 0 Å². The number of hydrogen-bond acceptors (Lipinski definition) is 4. The van der Waals surface area contributed by atoms with Gasteiger partial charge in [-0.15, -0.1) is 0 Å². The molecule has 2 rings (SSSR count). The number of benzene rings is 1. The number of hydrogen-bond donors (Lipinski definition) is 2. The summed E-state index contributed by atoms with van der Waals surface area (Å²) >= 11 is 3.14. The molecule has 0 unspecified atom stereocenters. The highest BCUT2D eigenvalue weighted by atomic mass is 79.9. The summed E-state index contributed by atoms with van der Waals surface area (Å²) < 4.78 is 40.2. The van der Waals surface area contributed by atoms with Gasteiger partial charge in [-0.1, -0.05) is 15.9 Å². The largest absolute Gasteiger partial charge is 0.384 e. The van der Waals surface area contributed by atoms with E-state index in [0.717, 1.165) is 12.3 Å². The van der Waals surface area contributed by atoms with Gasteiger partial charge in [-0.25, -0.2) is 17.8 Å². The lowest BCUT2D eigenvalue weighted by molar-refractivity contribution is 0.598. The second kappa shape index (κ2) is 5.14. The number of nitrogen functional groups attached to an aromatic ring is 1. The molecule has 1 aromatic heterocycles. The van der Waals surface area contributed by atoms with E-state index in [1.165, 1.54) is 24.3 Å². The van der Waals surface area contributed by atoms with Gasteiger partial charge in [0.1, 0.15) is 16.5 Å². The summed E-state index contributed by atoms with van der Waals surface area (Å²) in [7, 11) is -3.90. The third-order valence-electron chi connectivity index (χ3n) is 2.24. The zero-order chi connectivity index (χ0) is 14.0. The average Bonchev–Trinajstić information content (AvgIpc) is 2.34. The van der Waals surface area contributed by atoms with Crippen LogP contribution in [0.3, 0.4) is 0 Å². The smallest absolute Gasteiger partial charge is 0.263 e. The van der Waals surface area contributed by atoms with Crippen LogP contribution in [0.5, 0.6) is 0 Å². The maximum atomic E-state index is 13.5. The van der Waals surface area contributed by atoms with Gasteiger partial charge in [-0.3, -0.25) is 4.72 Å². The molecular weight excluding hydrogens is 337 g/mol. The number of nitrogens with one attached hydrogen (secondary N) is 1. The van der Waals surface area contributed by atoms with Crippen LogP contribution in [0.25, 0.3) is 0 Å². The summed E-state index contributed by atoms with van der Waals surface area (Å²) in [5, 5.41) is 0. The van der Waals surface area contributed by atoms with Crippen LogP contribution >= 0.6 is 15.9 Å². The van der Waals surface area contributed by atoms with E-state index in [0.29, 0.717) is 4.47 Å². The SMILES string of the molecule is Nc1ccc(S(=O)(=O)Nc2cc(Br)ccc2F)cn1. The van der Waals surface area contributed by atoms with Crippen LogP contribution in [0.1, 0.15) is 0 Å². The highest BCUT2D eigenvalue weighted by molar-refractivity contribution is 9.10. The molecular formula is C11H9BrFN3O2S. The molecule has 1 aromatic carbocycles. The molecule has 0 spiro atoms. The van der Waals surface area contributed by atoms with E-state index in [1.54, 1.807) is 0 Å². The molecule has 0 aliphatic rings. The number of pyridine rings is 1. The van der Waals surface area contributed by atoms with Crippen molar-refractivity contribution < 1.29 is 12.8 Å². The molecule has 0 saturated heterocycles. The van der Waals surface area contributed by atoms with E-state index in [-0.39, 0.29) is 16.4 Å². The molecule has 0 amide bonds. The van der Waals surface area contributed by atoms with Crippen molar-refractivity contribution in [2.75, 3.05) is 10.5 Å². The van der Waals surface area contributed by atoms with Crippen LogP contribution in [0.15, 0.2) is 45.9 Å². The van der Waals surface area contributed by atoms with Crippen molar-refractivity contribution in [2.24, 2.45) is 0 Å². The van der Waals surface area contributed by atoms with Crippen LogP contribution < -0.4 is 10.5 Å². The van der Waals surface area contributed by atoms with Crippen molar-refractivity contribution >= 4 is 37.5 Å². The monoisotopic (exact) mass is 345 g/mol. The fourth-order valence-electron chi connectivity index (χ4n) is 1.33. The highest BCUT2D eigenvalue weighted by Crippen LogP contribution is 2.23. The number of rotatable bonds is 3. The summed E-state index contributed by atoms with van der Waals surface area (Å²) in [5.41, 5.74) is 5.23. The molecule has 0 saturated carbocycles. The van der Waals surface area contributed by atoms with E-state index >= 15 is 0 Å². The molecule has 3 N–H and O–H groups in total. The Hall–Kier alpha value is -1.67. The fourth-order valence-corrected chi connectivity index (χ4v) is 2.69. The second-order valence-corrected chi connectivity index (χ2v) is 6.25. The lowest BCUT2D eigenvalue weighted by Crippen LogP contribution is -2.14. The van der Waals surface area contributed by atoms with Gasteiger partial charge in [0.15, 0.2) is 0 Å². The van der Waals surface area contributed by atoms with Gasteiger partial charge in [0.05, 0.1) is 5.69 Å². The predicted molar refractivity (Wildman–Crippen MR) is 73.6 cm³/mol. The maximum Gasteiger partial charge on any atom is 0.263 e. The Morgan fingerprint density at radius 1 is 1.26 bits per heavy atom. The molecule has 0 radical (unpaired) electrons. The summed E-state index contributed by atoms with van der Waals surface area (Å²) in [6, 6.07) is 6.60. The minimum atomic E-state index is -3.90. The van der Waals surface area contributed by atoms with Crippen molar-refractivity contribution in [1.29, 1.82) is 0 Å². The zero-order valence-electron chi connectivity index (χ0n) is 9.47. The van der Waals surface area contributed by atoms with Gasteiger partial charge in [0, 0.05) is 10.7 Å². The summed E-state index contributed by atoms with van der Waals surface area (Å²) in [5.74, 6) is -0.470. The predicted octanol–water partition coefficient (Wildman–Crippen LogP) is 2.37. The molecule has 0 aliphatic heterocycles. The molecule has 0 bridgehead atoms. The van der Waals surface area contributed by atoms with Gasteiger partial charge >= 0.3 is 0 Å². The molecule has 2 aromatic rings. The van der Waals surface area contributed by atoms with Crippen molar-refractivity contribution in [3.05, 3.63) is 46.8 Å². The molecule has 1 heterocycles. The molecule has 8 heteroatoms. The summed E-state index contributed by atoms with van der Waals surface area (Å²) in [6.45, 7) is 0. The number of anilines is 2. The van der Waals surface area contributed by atoms with Gasteiger partial charge in [-0.2, -0.15) is 0 Å². The van der Waals surface area contributed by atoms with E-state index < -0.39 is 15.8 Å². The van der Waals surface area contributed by atoms with Crippen LogP contribution in [-0.2, 0) is 10.0 Å². The van der Waals surface area contributed by atoms with Crippen molar-refractivity contribution in [3.8, 4) is 0 Å². The topological polar surface area (TPSA) is 85.1 Å². The minimum Gasteiger partial charge on any atom is -0.384 e.